The van der Waals surface area contributed by atoms with Crippen LogP contribution >= 0.6 is 92.8 Å². The predicted octanol–water partition coefficient (Wildman–Crippen LogP) is 7.81. The van der Waals surface area contributed by atoms with Crippen molar-refractivity contribution in [3.63, 3.8) is 0 Å². The van der Waals surface area contributed by atoms with Gasteiger partial charge in [0, 0.05) is 23.3 Å². The maximum absolute atomic E-state index is 14.1. The van der Waals surface area contributed by atoms with Crippen LogP contribution in [-0.4, -0.2) is 65.0 Å². The van der Waals surface area contributed by atoms with Crippen LogP contribution in [0.4, 0.5) is 5.69 Å². The molecule has 1 aliphatic heterocycles. The van der Waals surface area contributed by atoms with Gasteiger partial charge in [-0.25, -0.2) is 9.80 Å². The van der Waals surface area contributed by atoms with Crippen molar-refractivity contribution < 1.29 is 33.6 Å². The summed E-state index contributed by atoms with van der Waals surface area (Å²) in [5, 5.41) is 11.3. The standard InChI is InChI=1S/C31H15Cl8N3O8/c32-18-10-5-15(11-19(18)33)25(44)40(41-26(45)21-22(27(41)46)30(37)24(35)23(34)29(21,36)31(30,38)39)12-20(43)13-3-8-17(9-4-13)50-28(47)14-1-6-16(7-2-14)42(48)49/h1-11,21-22H,12H2/t21-,22+,29-,30-/m1/s1. The highest BCUT2D eigenvalue weighted by atomic mass is 35.5. The van der Waals surface area contributed by atoms with E-state index in [-0.39, 0.29) is 48.2 Å². The Morgan fingerprint density at radius 3 is 1.76 bits per heavy atom. The Balaban J connectivity index is 1.30. The number of rotatable bonds is 8. The Morgan fingerprint density at radius 1 is 0.760 bits per heavy atom. The summed E-state index contributed by atoms with van der Waals surface area (Å²) in [4.78, 5) is 74.3. The van der Waals surface area contributed by atoms with Crippen molar-refractivity contribution in [1.29, 1.82) is 0 Å². The number of esters is 1. The SMILES string of the molecule is O=C(CN(C(=O)c1ccc(Cl)c(Cl)c1)N1C(=O)[C@@H]2[C@H](C1=O)[C@@]1(Cl)C(Cl)=C(Cl)[C@@]2(Cl)C1(Cl)Cl)c1ccc(OC(=O)c2ccc([N+](=O)[O-])cc2)cc1. The number of ketones is 1. The number of hydrogen-bond acceptors (Lipinski definition) is 8. The number of carbonyl (C=O) groups is 5. The lowest BCUT2D eigenvalue weighted by atomic mass is 9.84. The smallest absolute Gasteiger partial charge is 0.343 e. The Kier molecular flexibility index (Phi) is 9.40. The zero-order valence-electron chi connectivity index (χ0n) is 24.3. The number of nitro groups is 1. The number of imide groups is 1. The molecule has 1 saturated heterocycles. The molecule has 1 heterocycles. The lowest BCUT2D eigenvalue weighted by molar-refractivity contribution is -0.384. The summed E-state index contributed by atoms with van der Waals surface area (Å²) >= 11 is 51.7. The molecule has 11 nitrogen and oxygen atoms in total. The minimum atomic E-state index is -2.23. The van der Waals surface area contributed by atoms with Gasteiger partial charge in [0.25, 0.3) is 23.4 Å². The molecule has 2 aliphatic carbocycles. The molecule has 3 aromatic rings. The molecule has 19 heteroatoms. The molecule has 3 amide bonds. The van der Waals surface area contributed by atoms with Crippen LogP contribution in [0.1, 0.15) is 31.1 Å². The normalized spacial score (nSPS) is 24.8. The molecule has 4 atom stereocenters. The Bertz CT molecular complexity index is 2030. The topological polar surface area (TPSA) is 144 Å². The second kappa shape index (κ2) is 12.8. The fraction of sp³-hybridized carbons (Fsp3) is 0.194. The van der Waals surface area contributed by atoms with Crippen LogP contribution in [0.3, 0.4) is 0 Å². The first-order chi connectivity index (χ1) is 23.4. The van der Waals surface area contributed by atoms with Gasteiger partial charge < -0.3 is 4.74 Å². The van der Waals surface area contributed by atoms with E-state index >= 15 is 0 Å². The summed E-state index contributed by atoms with van der Waals surface area (Å²) in [6, 6.07) is 13.5. The minimum Gasteiger partial charge on any atom is -0.423 e. The minimum absolute atomic E-state index is 0.00792. The third-order valence-electron chi connectivity index (χ3n) is 8.52. The highest BCUT2D eigenvalue weighted by Crippen LogP contribution is 2.77. The number of nitro benzene ring substituents is 1. The Labute approximate surface area is 321 Å². The molecule has 2 fully saturated rings. The fourth-order valence-electron chi connectivity index (χ4n) is 6.05. The van der Waals surface area contributed by atoms with Crippen molar-refractivity contribution in [1.82, 2.24) is 10.0 Å². The average molecular weight is 841 g/mol. The van der Waals surface area contributed by atoms with Gasteiger partial charge in [0.05, 0.1) is 42.4 Å². The second-order valence-electron chi connectivity index (χ2n) is 11.2. The number of carbonyl (C=O) groups excluding carboxylic acids is 5. The zero-order valence-corrected chi connectivity index (χ0v) is 30.4. The summed E-state index contributed by atoms with van der Waals surface area (Å²) in [5.74, 6) is -7.96. The maximum atomic E-state index is 14.1. The molecule has 2 bridgehead atoms. The number of amides is 3. The third-order valence-corrected chi connectivity index (χ3v) is 13.5. The Hall–Kier alpha value is -3.13. The lowest BCUT2D eigenvalue weighted by Crippen LogP contribution is -2.56. The molecule has 3 aliphatic rings. The number of non-ortho nitro benzene ring substituents is 1. The molecule has 0 unspecified atom stereocenters. The Morgan fingerprint density at radius 2 is 1.26 bits per heavy atom. The van der Waals surface area contributed by atoms with Crippen molar-refractivity contribution in [2.45, 2.75) is 14.1 Å². The van der Waals surface area contributed by atoms with Crippen LogP contribution in [0, 0.1) is 22.0 Å². The zero-order chi connectivity index (χ0) is 36.7. The largest absolute Gasteiger partial charge is 0.423 e. The number of hydrazine groups is 1. The molecule has 0 spiro atoms. The van der Waals surface area contributed by atoms with E-state index in [1.807, 2.05) is 0 Å². The van der Waals surface area contributed by atoms with Crippen molar-refractivity contribution in [2.75, 3.05) is 6.54 Å². The van der Waals surface area contributed by atoms with Gasteiger partial charge in [-0.1, -0.05) is 69.6 Å². The van der Waals surface area contributed by atoms with E-state index < -0.39 is 66.9 Å². The van der Waals surface area contributed by atoms with E-state index in [2.05, 4.69) is 0 Å². The van der Waals surface area contributed by atoms with E-state index in [0.717, 1.165) is 12.1 Å². The van der Waals surface area contributed by atoms with E-state index in [1.54, 1.807) is 0 Å². The van der Waals surface area contributed by atoms with Crippen molar-refractivity contribution in [2.24, 2.45) is 11.8 Å². The molecule has 50 heavy (non-hydrogen) atoms. The van der Waals surface area contributed by atoms with Gasteiger partial charge in [-0.05, 0) is 54.6 Å². The lowest BCUT2D eigenvalue weighted by Gasteiger charge is -2.36. The summed E-state index contributed by atoms with van der Waals surface area (Å²) in [6.07, 6.45) is 0. The highest BCUT2D eigenvalue weighted by molar-refractivity contribution is 6.67. The van der Waals surface area contributed by atoms with Gasteiger partial charge in [-0.2, -0.15) is 5.01 Å². The molecule has 0 radical (unpaired) electrons. The van der Waals surface area contributed by atoms with E-state index in [0.29, 0.717) is 10.0 Å². The molecular weight excluding hydrogens is 826 g/mol. The van der Waals surface area contributed by atoms with E-state index in [9.17, 15) is 34.1 Å². The molecule has 6 rings (SSSR count). The number of Topliss-reactive ketones (excluding diaryl/α,β-unsaturated/α-hetero) is 1. The number of halogens is 8. The quantitative estimate of drug-likeness (QED) is 0.0425. The first kappa shape index (κ1) is 36.7. The maximum Gasteiger partial charge on any atom is 0.343 e. The van der Waals surface area contributed by atoms with Gasteiger partial charge in [-0.3, -0.25) is 29.3 Å². The summed E-state index contributed by atoms with van der Waals surface area (Å²) in [6.45, 7) is -0.885. The molecular formula is C31H15Cl8N3O8. The first-order valence-electron chi connectivity index (χ1n) is 13.9. The molecule has 0 N–H and O–H groups in total. The third kappa shape index (κ3) is 5.28. The molecule has 1 saturated carbocycles. The van der Waals surface area contributed by atoms with Gasteiger partial charge in [0.15, 0.2) is 10.1 Å². The average Bonchev–Trinajstić information content (AvgIpc) is 3.47. The van der Waals surface area contributed by atoms with Crippen LogP contribution in [0.5, 0.6) is 5.75 Å². The van der Waals surface area contributed by atoms with Crippen molar-refractivity contribution in [3.8, 4) is 5.75 Å². The summed E-state index contributed by atoms with van der Waals surface area (Å²) in [7, 11) is 0. The van der Waals surface area contributed by atoms with Crippen LogP contribution in [0.15, 0.2) is 76.8 Å². The summed E-state index contributed by atoms with van der Waals surface area (Å²) < 4.78 is 3.05. The van der Waals surface area contributed by atoms with Gasteiger partial charge in [-0.15, -0.1) is 23.2 Å². The fourth-order valence-corrected chi connectivity index (χ4v) is 9.28. The van der Waals surface area contributed by atoms with Crippen molar-refractivity contribution >= 4 is 128 Å². The second-order valence-corrected chi connectivity index (χ2v) is 15.3. The number of hydrogen-bond donors (Lipinski definition) is 0. The molecule has 258 valence electrons. The predicted molar refractivity (Wildman–Crippen MR) is 185 cm³/mol. The van der Waals surface area contributed by atoms with E-state index in [4.69, 9.17) is 97.5 Å². The van der Waals surface area contributed by atoms with Crippen LogP contribution in [-0.2, 0) is 9.59 Å². The monoisotopic (exact) mass is 837 g/mol. The number of ether oxygens (including phenoxy) is 1. The number of allylic oxidation sites excluding steroid dienone is 2. The van der Waals surface area contributed by atoms with Gasteiger partial charge in [0.1, 0.15) is 22.0 Å². The van der Waals surface area contributed by atoms with E-state index in [1.165, 1.54) is 54.6 Å². The first-order valence-corrected chi connectivity index (χ1v) is 17.0. The van der Waals surface area contributed by atoms with Crippen molar-refractivity contribution in [3.05, 3.63) is 114 Å². The number of alkyl halides is 4. The molecule has 3 aromatic carbocycles. The number of fused-ring (bicyclic) bond motifs is 5. The highest BCUT2D eigenvalue weighted by Gasteiger charge is 2.88. The van der Waals surface area contributed by atoms with Crippen LogP contribution in [0.2, 0.25) is 10.0 Å². The van der Waals surface area contributed by atoms with Crippen LogP contribution < -0.4 is 4.74 Å². The van der Waals surface area contributed by atoms with Gasteiger partial charge >= 0.3 is 5.97 Å². The summed E-state index contributed by atoms with van der Waals surface area (Å²) in [5.41, 5.74) is -0.368. The number of nitrogens with zero attached hydrogens (tertiary/aromatic N) is 3. The number of benzene rings is 3. The van der Waals surface area contributed by atoms with Gasteiger partial charge in [0.2, 0.25) is 0 Å². The molecule has 0 aromatic heterocycles. The van der Waals surface area contributed by atoms with Crippen LogP contribution in [0.25, 0.3) is 0 Å².